The second-order valence-electron chi connectivity index (χ2n) is 3.62. The van der Waals surface area contributed by atoms with Crippen molar-refractivity contribution >= 4 is 0 Å². The summed E-state index contributed by atoms with van der Waals surface area (Å²) in [6, 6.07) is 0. The number of aromatic nitrogens is 3. The molecule has 1 heterocycles. The lowest BCUT2D eigenvalue weighted by Gasteiger charge is -2.14. The Morgan fingerprint density at radius 3 is 2.83 bits per heavy atom. The molecule has 5 nitrogen and oxygen atoms in total. The van der Waals surface area contributed by atoms with Crippen LogP contribution in [0.5, 0.6) is 0 Å². The van der Waals surface area contributed by atoms with Crippen LogP contribution in [0.3, 0.4) is 0 Å². The summed E-state index contributed by atoms with van der Waals surface area (Å²) in [5.41, 5.74) is 0.690. The molecule has 0 unspecified atom stereocenters. The maximum absolute atomic E-state index is 12.5. The van der Waals surface area contributed by atoms with Crippen molar-refractivity contribution in [3.05, 3.63) is 11.9 Å². The Bertz CT molecular complexity index is 358. The Labute approximate surface area is 101 Å². The molecule has 0 aliphatic carbocycles. The standard InChI is InChI=1S/C9H14F4N4O/c1-14-4-7-5-17(16-15-7)2-3-18-6-9(12,13)8(10)11/h5,8,14H,2-4,6H2,1H3. The Hall–Kier alpha value is -1.22. The number of alkyl halides is 4. The summed E-state index contributed by atoms with van der Waals surface area (Å²) in [4.78, 5) is 0. The Morgan fingerprint density at radius 1 is 1.50 bits per heavy atom. The van der Waals surface area contributed by atoms with Crippen molar-refractivity contribution in [2.45, 2.75) is 25.4 Å². The van der Waals surface area contributed by atoms with Gasteiger partial charge in [-0.25, -0.2) is 13.5 Å². The van der Waals surface area contributed by atoms with Gasteiger partial charge in [0.25, 0.3) is 0 Å². The predicted molar refractivity (Wildman–Crippen MR) is 54.6 cm³/mol. The van der Waals surface area contributed by atoms with E-state index in [2.05, 4.69) is 20.4 Å². The van der Waals surface area contributed by atoms with Crippen LogP contribution in [0.2, 0.25) is 0 Å². The van der Waals surface area contributed by atoms with Gasteiger partial charge in [-0.05, 0) is 7.05 Å². The number of hydrogen-bond donors (Lipinski definition) is 1. The molecule has 1 N–H and O–H groups in total. The maximum Gasteiger partial charge on any atom is 0.330 e. The summed E-state index contributed by atoms with van der Waals surface area (Å²) in [6.45, 7) is -0.728. The first kappa shape index (κ1) is 14.8. The average Bonchev–Trinajstić information content (AvgIpc) is 2.73. The lowest BCUT2D eigenvalue weighted by Crippen LogP contribution is -2.32. The van der Waals surface area contributed by atoms with Crippen molar-refractivity contribution in [2.24, 2.45) is 0 Å². The molecule has 104 valence electrons. The van der Waals surface area contributed by atoms with Gasteiger partial charge in [0.1, 0.15) is 6.61 Å². The molecule has 9 heteroatoms. The van der Waals surface area contributed by atoms with E-state index in [0.717, 1.165) is 0 Å². The maximum atomic E-state index is 12.5. The molecule has 1 rings (SSSR count). The molecule has 0 atom stereocenters. The summed E-state index contributed by atoms with van der Waals surface area (Å²) in [7, 11) is 1.74. The topological polar surface area (TPSA) is 52.0 Å². The zero-order valence-corrected chi connectivity index (χ0v) is 9.74. The fourth-order valence-electron chi connectivity index (χ4n) is 1.14. The quantitative estimate of drug-likeness (QED) is 0.563. The Kier molecular flexibility index (Phi) is 5.48. The molecule has 0 saturated heterocycles. The van der Waals surface area contributed by atoms with Crippen molar-refractivity contribution in [3.8, 4) is 0 Å². The summed E-state index contributed by atoms with van der Waals surface area (Å²) >= 11 is 0. The molecule has 18 heavy (non-hydrogen) atoms. The molecular formula is C9H14F4N4O. The Morgan fingerprint density at radius 2 is 2.22 bits per heavy atom. The van der Waals surface area contributed by atoms with Crippen LogP contribution in [-0.2, 0) is 17.8 Å². The molecular weight excluding hydrogens is 256 g/mol. The van der Waals surface area contributed by atoms with Crippen LogP contribution in [-0.4, -0.2) is 47.6 Å². The van der Waals surface area contributed by atoms with Crippen molar-refractivity contribution in [1.29, 1.82) is 0 Å². The van der Waals surface area contributed by atoms with Crippen LogP contribution in [0.4, 0.5) is 17.6 Å². The third-order valence-electron chi connectivity index (χ3n) is 2.02. The molecule has 0 aliphatic rings. The van der Waals surface area contributed by atoms with Crippen molar-refractivity contribution in [2.75, 3.05) is 20.3 Å². The van der Waals surface area contributed by atoms with E-state index in [1.165, 1.54) is 4.68 Å². The highest BCUT2D eigenvalue weighted by Gasteiger charge is 2.40. The number of rotatable bonds is 8. The van der Waals surface area contributed by atoms with Crippen LogP contribution >= 0.6 is 0 Å². The minimum absolute atomic E-state index is 0.134. The normalized spacial score (nSPS) is 12.3. The van der Waals surface area contributed by atoms with E-state index in [1.54, 1.807) is 13.2 Å². The summed E-state index contributed by atoms with van der Waals surface area (Å²) in [5.74, 6) is -4.11. The number of ether oxygens (including phenoxy) is 1. The molecule has 0 fully saturated rings. The first-order chi connectivity index (χ1) is 8.45. The smallest absolute Gasteiger partial charge is 0.330 e. The van der Waals surface area contributed by atoms with Gasteiger partial charge in [0.15, 0.2) is 0 Å². The molecule has 0 saturated carbocycles. The number of nitrogens with one attached hydrogen (secondary N) is 1. The first-order valence-electron chi connectivity index (χ1n) is 5.23. The third kappa shape index (κ3) is 4.57. The number of hydrogen-bond acceptors (Lipinski definition) is 4. The Balaban J connectivity index is 2.25. The fourth-order valence-corrected chi connectivity index (χ4v) is 1.14. The summed E-state index contributed by atoms with van der Waals surface area (Å²) < 4.78 is 54.4. The third-order valence-corrected chi connectivity index (χ3v) is 2.02. The van der Waals surface area contributed by atoms with E-state index in [-0.39, 0.29) is 13.2 Å². The van der Waals surface area contributed by atoms with E-state index in [4.69, 9.17) is 0 Å². The highest BCUT2D eigenvalue weighted by Crippen LogP contribution is 2.22. The van der Waals surface area contributed by atoms with Gasteiger partial charge >= 0.3 is 12.3 Å². The van der Waals surface area contributed by atoms with Crippen molar-refractivity contribution in [3.63, 3.8) is 0 Å². The van der Waals surface area contributed by atoms with Gasteiger partial charge in [0.2, 0.25) is 0 Å². The molecule has 0 aromatic carbocycles. The van der Waals surface area contributed by atoms with Gasteiger partial charge in [-0.1, -0.05) is 5.21 Å². The van der Waals surface area contributed by atoms with Gasteiger partial charge in [-0.2, -0.15) is 8.78 Å². The van der Waals surface area contributed by atoms with Crippen LogP contribution in [0.15, 0.2) is 6.20 Å². The van der Waals surface area contributed by atoms with E-state index in [0.29, 0.717) is 12.2 Å². The SMILES string of the molecule is CNCc1cn(CCOCC(F)(F)C(F)F)nn1. The lowest BCUT2D eigenvalue weighted by atomic mass is 10.4. The predicted octanol–water partition coefficient (Wildman–Crippen LogP) is 0.914. The molecule has 0 aliphatic heterocycles. The van der Waals surface area contributed by atoms with E-state index in [1.807, 2.05) is 0 Å². The zero-order chi connectivity index (χ0) is 13.6. The highest BCUT2D eigenvalue weighted by atomic mass is 19.3. The van der Waals surface area contributed by atoms with Crippen molar-refractivity contribution < 1.29 is 22.3 Å². The van der Waals surface area contributed by atoms with E-state index in [9.17, 15) is 17.6 Å². The monoisotopic (exact) mass is 270 g/mol. The van der Waals surface area contributed by atoms with Crippen LogP contribution in [0.1, 0.15) is 5.69 Å². The first-order valence-corrected chi connectivity index (χ1v) is 5.23. The van der Waals surface area contributed by atoms with Crippen molar-refractivity contribution in [1.82, 2.24) is 20.3 Å². The van der Waals surface area contributed by atoms with Crippen LogP contribution < -0.4 is 5.32 Å². The van der Waals surface area contributed by atoms with E-state index < -0.39 is 19.0 Å². The van der Waals surface area contributed by atoms with Gasteiger partial charge in [-0.3, -0.25) is 0 Å². The number of nitrogens with zero attached hydrogens (tertiary/aromatic N) is 3. The average molecular weight is 270 g/mol. The molecule has 1 aromatic heterocycles. The van der Waals surface area contributed by atoms with Crippen LogP contribution in [0, 0.1) is 0 Å². The molecule has 0 spiro atoms. The lowest BCUT2D eigenvalue weighted by molar-refractivity contribution is -0.166. The minimum atomic E-state index is -4.11. The van der Waals surface area contributed by atoms with Gasteiger partial charge < -0.3 is 10.1 Å². The van der Waals surface area contributed by atoms with Gasteiger partial charge in [0.05, 0.1) is 18.8 Å². The second-order valence-corrected chi connectivity index (χ2v) is 3.62. The molecule has 0 amide bonds. The molecule has 0 bridgehead atoms. The molecule has 1 aromatic rings. The van der Waals surface area contributed by atoms with Crippen LogP contribution in [0.25, 0.3) is 0 Å². The largest absolute Gasteiger partial charge is 0.373 e. The summed E-state index contributed by atoms with van der Waals surface area (Å²) in [6.07, 6.45) is -2.10. The number of halogens is 4. The highest BCUT2D eigenvalue weighted by molar-refractivity contribution is 4.90. The van der Waals surface area contributed by atoms with Gasteiger partial charge in [0, 0.05) is 12.7 Å². The van der Waals surface area contributed by atoms with Gasteiger partial charge in [-0.15, -0.1) is 5.10 Å². The minimum Gasteiger partial charge on any atom is -0.373 e. The second kappa shape index (κ2) is 6.64. The summed E-state index contributed by atoms with van der Waals surface area (Å²) in [5, 5.41) is 10.4. The zero-order valence-electron chi connectivity index (χ0n) is 9.74. The van der Waals surface area contributed by atoms with E-state index >= 15 is 0 Å². The molecule has 0 radical (unpaired) electrons. The fraction of sp³-hybridized carbons (Fsp3) is 0.778.